The maximum Gasteiger partial charge on any atom is 0.318 e. The Kier molecular flexibility index (Phi) is 4.68. The van der Waals surface area contributed by atoms with Crippen molar-refractivity contribution in [3.05, 3.63) is 0 Å². The fourth-order valence-corrected chi connectivity index (χ4v) is 0.627. The highest BCUT2D eigenvalue weighted by Crippen LogP contribution is 1.88. The van der Waals surface area contributed by atoms with Gasteiger partial charge in [-0.3, -0.25) is 20.2 Å². The SMILES string of the molecule is NC(=O)NC(=O)CCC(=O)NC(N)=O. The minimum Gasteiger partial charge on any atom is -0.351 e. The topological polar surface area (TPSA) is 144 Å². The predicted octanol–water partition coefficient (Wildman–Crippen LogP) is -1.84. The number of nitrogens with two attached hydrogens (primary N) is 2. The molecule has 6 N–H and O–H groups in total. The number of rotatable bonds is 3. The molecule has 0 radical (unpaired) electrons. The molecular formula is C6H10N4O4. The molecule has 0 atom stereocenters. The Bertz CT molecular complexity index is 247. The molecule has 0 heterocycles. The van der Waals surface area contributed by atoms with Crippen molar-refractivity contribution in [1.29, 1.82) is 0 Å². The molecule has 0 saturated carbocycles. The van der Waals surface area contributed by atoms with E-state index < -0.39 is 23.9 Å². The van der Waals surface area contributed by atoms with Crippen molar-refractivity contribution in [3.8, 4) is 0 Å². The molecule has 78 valence electrons. The van der Waals surface area contributed by atoms with Gasteiger partial charge < -0.3 is 11.5 Å². The van der Waals surface area contributed by atoms with Crippen LogP contribution in [0.25, 0.3) is 0 Å². The Morgan fingerprint density at radius 2 is 1.07 bits per heavy atom. The number of urea groups is 2. The predicted molar refractivity (Wildman–Crippen MR) is 44.7 cm³/mol. The largest absolute Gasteiger partial charge is 0.351 e. The van der Waals surface area contributed by atoms with Crippen molar-refractivity contribution >= 4 is 23.9 Å². The van der Waals surface area contributed by atoms with E-state index in [0.29, 0.717) is 0 Å². The van der Waals surface area contributed by atoms with Gasteiger partial charge in [0.15, 0.2) is 0 Å². The van der Waals surface area contributed by atoms with Crippen molar-refractivity contribution in [2.45, 2.75) is 12.8 Å². The van der Waals surface area contributed by atoms with E-state index in [1.165, 1.54) is 0 Å². The molecule has 0 rings (SSSR count). The van der Waals surface area contributed by atoms with Gasteiger partial charge in [0.1, 0.15) is 0 Å². The van der Waals surface area contributed by atoms with Gasteiger partial charge in [-0.1, -0.05) is 0 Å². The van der Waals surface area contributed by atoms with Crippen LogP contribution in [0.5, 0.6) is 0 Å². The van der Waals surface area contributed by atoms with Crippen LogP contribution < -0.4 is 22.1 Å². The van der Waals surface area contributed by atoms with Gasteiger partial charge in [0, 0.05) is 12.8 Å². The molecule has 0 aromatic carbocycles. The summed E-state index contributed by atoms with van der Waals surface area (Å²) in [5.74, 6) is -1.39. The lowest BCUT2D eigenvalue weighted by Gasteiger charge is -2.00. The second-order valence-corrected chi connectivity index (χ2v) is 2.32. The van der Waals surface area contributed by atoms with Crippen molar-refractivity contribution in [3.63, 3.8) is 0 Å². The van der Waals surface area contributed by atoms with E-state index in [0.717, 1.165) is 0 Å². The number of amides is 6. The van der Waals surface area contributed by atoms with Gasteiger partial charge in [0.05, 0.1) is 0 Å². The Morgan fingerprint density at radius 3 is 1.29 bits per heavy atom. The molecule has 0 spiro atoms. The summed E-state index contributed by atoms with van der Waals surface area (Å²) in [7, 11) is 0. The summed E-state index contributed by atoms with van der Waals surface area (Å²) in [6.45, 7) is 0. The normalized spacial score (nSPS) is 8.86. The smallest absolute Gasteiger partial charge is 0.318 e. The quantitative estimate of drug-likeness (QED) is 0.426. The fraction of sp³-hybridized carbons (Fsp3) is 0.333. The maximum atomic E-state index is 10.7. The first kappa shape index (κ1) is 11.9. The lowest BCUT2D eigenvalue weighted by atomic mass is 10.3. The maximum absolute atomic E-state index is 10.7. The molecule has 0 aromatic rings. The Labute approximate surface area is 79.0 Å². The summed E-state index contributed by atoms with van der Waals surface area (Å²) < 4.78 is 0. The van der Waals surface area contributed by atoms with Crippen LogP contribution in [-0.4, -0.2) is 23.9 Å². The molecule has 0 aromatic heterocycles. The molecule has 0 aliphatic rings. The molecule has 0 fully saturated rings. The van der Waals surface area contributed by atoms with E-state index in [1.807, 2.05) is 0 Å². The van der Waals surface area contributed by atoms with E-state index in [1.54, 1.807) is 10.6 Å². The summed E-state index contributed by atoms with van der Waals surface area (Å²) in [5, 5.41) is 3.51. The van der Waals surface area contributed by atoms with Gasteiger partial charge in [-0.25, -0.2) is 9.59 Å². The average Bonchev–Trinajstić information content (AvgIpc) is 1.98. The third-order valence-electron chi connectivity index (χ3n) is 1.10. The summed E-state index contributed by atoms with van der Waals surface area (Å²) in [4.78, 5) is 41.8. The highest BCUT2D eigenvalue weighted by Gasteiger charge is 2.09. The molecular weight excluding hydrogens is 192 g/mol. The third kappa shape index (κ3) is 6.58. The summed E-state index contributed by atoms with van der Waals surface area (Å²) in [6, 6.07) is -1.99. The van der Waals surface area contributed by atoms with E-state index in [4.69, 9.17) is 0 Å². The molecule has 0 bridgehead atoms. The van der Waals surface area contributed by atoms with Gasteiger partial charge in [0.2, 0.25) is 11.8 Å². The van der Waals surface area contributed by atoms with E-state index in [-0.39, 0.29) is 12.8 Å². The van der Waals surface area contributed by atoms with Crippen molar-refractivity contribution in [2.75, 3.05) is 0 Å². The van der Waals surface area contributed by atoms with Crippen molar-refractivity contribution in [1.82, 2.24) is 10.6 Å². The van der Waals surface area contributed by atoms with Crippen LogP contribution in [0.3, 0.4) is 0 Å². The molecule has 0 aliphatic carbocycles. The molecule has 0 saturated heterocycles. The van der Waals surface area contributed by atoms with Crippen molar-refractivity contribution in [2.24, 2.45) is 11.5 Å². The number of nitrogens with one attached hydrogen (secondary N) is 2. The average molecular weight is 202 g/mol. The van der Waals surface area contributed by atoms with Crippen LogP contribution in [0.1, 0.15) is 12.8 Å². The fourth-order valence-electron chi connectivity index (χ4n) is 0.627. The second kappa shape index (κ2) is 5.51. The van der Waals surface area contributed by atoms with Crippen LogP contribution in [0, 0.1) is 0 Å². The number of hydrogen-bond donors (Lipinski definition) is 4. The van der Waals surface area contributed by atoms with Crippen LogP contribution in [0.4, 0.5) is 9.59 Å². The highest BCUT2D eigenvalue weighted by atomic mass is 16.2. The molecule has 8 heteroatoms. The van der Waals surface area contributed by atoms with Gasteiger partial charge in [-0.2, -0.15) is 0 Å². The molecule has 6 amide bonds. The number of imide groups is 2. The summed E-state index contributed by atoms with van der Waals surface area (Å²) >= 11 is 0. The van der Waals surface area contributed by atoms with Gasteiger partial charge in [-0.05, 0) is 0 Å². The number of carbonyl (C=O) groups is 4. The lowest BCUT2D eigenvalue weighted by Crippen LogP contribution is -2.37. The van der Waals surface area contributed by atoms with Gasteiger partial charge in [0.25, 0.3) is 0 Å². The van der Waals surface area contributed by atoms with Crippen LogP contribution in [-0.2, 0) is 9.59 Å². The Balaban J connectivity index is 3.72. The molecule has 8 nitrogen and oxygen atoms in total. The standard InChI is InChI=1S/C6H10N4O4/c7-5(13)9-3(11)1-2-4(12)10-6(8)14/h1-2H2,(H3,7,9,11,13)(H3,8,10,12,14). The van der Waals surface area contributed by atoms with Crippen LogP contribution in [0.2, 0.25) is 0 Å². The minimum absolute atomic E-state index is 0.248. The Morgan fingerprint density at radius 1 is 0.786 bits per heavy atom. The molecule has 0 aliphatic heterocycles. The number of primary amides is 2. The monoisotopic (exact) mass is 202 g/mol. The zero-order valence-electron chi connectivity index (χ0n) is 7.20. The first-order chi connectivity index (χ1) is 6.41. The summed E-state index contributed by atoms with van der Waals surface area (Å²) in [5.41, 5.74) is 9.27. The second-order valence-electron chi connectivity index (χ2n) is 2.32. The minimum atomic E-state index is -0.995. The summed E-state index contributed by atoms with van der Waals surface area (Å²) in [6.07, 6.45) is -0.496. The zero-order chi connectivity index (χ0) is 11.1. The van der Waals surface area contributed by atoms with Gasteiger partial charge in [-0.15, -0.1) is 0 Å². The van der Waals surface area contributed by atoms with Crippen LogP contribution in [0.15, 0.2) is 0 Å². The first-order valence-corrected chi connectivity index (χ1v) is 3.60. The van der Waals surface area contributed by atoms with E-state index in [9.17, 15) is 19.2 Å². The molecule has 14 heavy (non-hydrogen) atoms. The lowest BCUT2D eigenvalue weighted by molar-refractivity contribution is -0.125. The number of carbonyl (C=O) groups excluding carboxylic acids is 4. The highest BCUT2D eigenvalue weighted by molar-refractivity contribution is 5.97. The zero-order valence-corrected chi connectivity index (χ0v) is 7.20. The first-order valence-electron chi connectivity index (χ1n) is 3.60. The van der Waals surface area contributed by atoms with E-state index in [2.05, 4.69) is 11.5 Å². The Hall–Kier alpha value is -2.12. The van der Waals surface area contributed by atoms with Crippen molar-refractivity contribution < 1.29 is 19.2 Å². The third-order valence-corrected chi connectivity index (χ3v) is 1.10. The van der Waals surface area contributed by atoms with E-state index >= 15 is 0 Å². The van der Waals surface area contributed by atoms with Gasteiger partial charge >= 0.3 is 12.1 Å². The van der Waals surface area contributed by atoms with Crippen LogP contribution >= 0.6 is 0 Å². The molecule has 0 unspecified atom stereocenters. The number of hydrogen-bond acceptors (Lipinski definition) is 4.